The molecule has 148 valence electrons. The summed E-state index contributed by atoms with van der Waals surface area (Å²) >= 11 is 0. The van der Waals surface area contributed by atoms with E-state index in [4.69, 9.17) is 4.74 Å². The lowest BCUT2D eigenvalue weighted by Gasteiger charge is -2.17. The molecule has 2 saturated carbocycles. The van der Waals surface area contributed by atoms with Crippen LogP contribution in [0.4, 0.5) is 11.9 Å². The first-order valence-electron chi connectivity index (χ1n) is 9.88. The van der Waals surface area contributed by atoms with E-state index in [9.17, 15) is 4.79 Å². The minimum absolute atomic E-state index is 0.224. The lowest BCUT2D eigenvalue weighted by molar-refractivity contribution is 0.0594. The molecule has 2 aromatic heterocycles. The number of hydrogen-bond acceptors (Lipinski definition) is 8. The number of rotatable bonds is 8. The Hall–Kier alpha value is -2.77. The predicted octanol–water partition coefficient (Wildman–Crippen LogP) is 3.14. The topological polar surface area (TPSA) is 102 Å². The van der Waals surface area contributed by atoms with Crippen molar-refractivity contribution in [2.24, 2.45) is 11.8 Å². The lowest BCUT2D eigenvalue weighted by atomic mass is 10.2. The molecule has 0 saturated heterocycles. The fourth-order valence-electron chi connectivity index (χ4n) is 3.23. The third kappa shape index (κ3) is 4.37. The molecule has 2 N–H and O–H groups in total. The molecule has 4 rings (SSSR count). The first kappa shape index (κ1) is 18.6. The normalized spacial score (nSPS) is 18.2. The summed E-state index contributed by atoms with van der Waals surface area (Å²) in [5, 5.41) is 6.80. The summed E-state index contributed by atoms with van der Waals surface area (Å²) in [6.07, 6.45) is 4.94. The number of ether oxygens (including phenoxy) is 1. The molecule has 0 bridgehead atoms. The summed E-state index contributed by atoms with van der Waals surface area (Å²) in [4.78, 5) is 29.9. The monoisotopic (exact) mass is 382 g/mol. The van der Waals surface area contributed by atoms with Crippen LogP contribution in [0.1, 0.15) is 50.0 Å². The van der Waals surface area contributed by atoms with Gasteiger partial charge < -0.3 is 15.4 Å². The highest BCUT2D eigenvalue weighted by atomic mass is 16.5. The minimum Gasteiger partial charge on any atom is -0.464 e. The zero-order chi connectivity index (χ0) is 19.7. The molecule has 0 spiro atoms. The van der Waals surface area contributed by atoms with Crippen LogP contribution in [0.25, 0.3) is 11.5 Å². The van der Waals surface area contributed by atoms with Crippen LogP contribution in [0, 0.1) is 11.8 Å². The van der Waals surface area contributed by atoms with Crippen LogP contribution in [-0.2, 0) is 4.74 Å². The highest BCUT2D eigenvalue weighted by Gasteiger charge is 2.30. The van der Waals surface area contributed by atoms with Crippen molar-refractivity contribution in [1.29, 1.82) is 0 Å². The molecule has 1 unspecified atom stereocenters. The Morgan fingerprint density at radius 1 is 0.964 bits per heavy atom. The molecule has 2 aliphatic rings. The Balaban J connectivity index is 1.65. The van der Waals surface area contributed by atoms with Crippen molar-refractivity contribution in [2.75, 3.05) is 17.7 Å². The van der Waals surface area contributed by atoms with Crippen molar-refractivity contribution in [3.63, 3.8) is 0 Å². The molecular formula is C20H26N6O2. The molecule has 8 heteroatoms. The van der Waals surface area contributed by atoms with Crippen LogP contribution in [0.2, 0.25) is 0 Å². The van der Waals surface area contributed by atoms with E-state index in [1.165, 1.54) is 32.8 Å². The van der Waals surface area contributed by atoms with Crippen molar-refractivity contribution in [2.45, 2.75) is 51.6 Å². The molecule has 0 aliphatic heterocycles. The predicted molar refractivity (Wildman–Crippen MR) is 106 cm³/mol. The van der Waals surface area contributed by atoms with Gasteiger partial charge in [-0.05, 0) is 63.5 Å². The molecule has 0 radical (unpaired) electrons. The third-order valence-electron chi connectivity index (χ3n) is 5.38. The van der Waals surface area contributed by atoms with Gasteiger partial charge in [-0.15, -0.1) is 0 Å². The van der Waals surface area contributed by atoms with Crippen LogP contribution in [0.15, 0.2) is 18.2 Å². The largest absolute Gasteiger partial charge is 0.464 e. The smallest absolute Gasteiger partial charge is 0.356 e. The summed E-state index contributed by atoms with van der Waals surface area (Å²) in [6, 6.07) is 5.75. The average molecular weight is 382 g/mol. The number of carbonyl (C=O) groups is 1. The van der Waals surface area contributed by atoms with Crippen LogP contribution in [-0.4, -0.2) is 45.1 Å². The van der Waals surface area contributed by atoms with Crippen LogP contribution < -0.4 is 10.6 Å². The van der Waals surface area contributed by atoms with Crippen molar-refractivity contribution in [3.05, 3.63) is 23.9 Å². The molecule has 2 heterocycles. The van der Waals surface area contributed by atoms with Crippen LogP contribution >= 0.6 is 0 Å². The first-order valence-corrected chi connectivity index (χ1v) is 9.88. The van der Waals surface area contributed by atoms with Crippen molar-refractivity contribution in [3.8, 4) is 11.5 Å². The zero-order valence-corrected chi connectivity index (χ0v) is 16.5. The van der Waals surface area contributed by atoms with Gasteiger partial charge >= 0.3 is 5.97 Å². The Bertz CT molecular complexity index is 827. The Labute approximate surface area is 164 Å². The van der Waals surface area contributed by atoms with Gasteiger partial charge in [0.2, 0.25) is 11.9 Å². The second kappa shape index (κ2) is 7.69. The number of methoxy groups -OCH3 is 1. The molecule has 28 heavy (non-hydrogen) atoms. The number of nitrogens with one attached hydrogen (secondary N) is 2. The van der Waals surface area contributed by atoms with Gasteiger partial charge in [0.05, 0.1) is 7.11 Å². The number of anilines is 2. The molecular weight excluding hydrogens is 356 g/mol. The van der Waals surface area contributed by atoms with Crippen molar-refractivity contribution >= 4 is 17.9 Å². The number of esters is 1. The molecule has 2 fully saturated rings. The SMILES string of the molecule is COC(=O)c1cccc(-c2nc(NC(C)C3CC3)nc(N[C@H](C)C3CC3)n2)n1. The average Bonchev–Trinajstić information content (AvgIpc) is 3.59. The number of aromatic nitrogens is 4. The molecule has 0 amide bonds. The van der Waals surface area contributed by atoms with Crippen LogP contribution in [0.5, 0.6) is 0 Å². The lowest BCUT2D eigenvalue weighted by Crippen LogP contribution is -2.23. The van der Waals surface area contributed by atoms with E-state index in [1.807, 2.05) is 0 Å². The van der Waals surface area contributed by atoms with E-state index < -0.39 is 5.97 Å². The maximum atomic E-state index is 11.8. The van der Waals surface area contributed by atoms with Crippen LogP contribution in [0.3, 0.4) is 0 Å². The van der Waals surface area contributed by atoms with Gasteiger partial charge in [0, 0.05) is 12.1 Å². The maximum Gasteiger partial charge on any atom is 0.356 e. The zero-order valence-electron chi connectivity index (χ0n) is 16.5. The molecule has 2 aliphatic carbocycles. The number of nitrogens with zero attached hydrogens (tertiary/aromatic N) is 4. The summed E-state index contributed by atoms with van der Waals surface area (Å²) in [5.41, 5.74) is 0.733. The second-order valence-electron chi connectivity index (χ2n) is 7.75. The Kier molecular flexibility index (Phi) is 5.11. The highest BCUT2D eigenvalue weighted by Crippen LogP contribution is 2.35. The Morgan fingerprint density at radius 3 is 2.04 bits per heavy atom. The van der Waals surface area contributed by atoms with E-state index in [0.717, 1.165) is 0 Å². The highest BCUT2D eigenvalue weighted by molar-refractivity contribution is 5.87. The van der Waals surface area contributed by atoms with Gasteiger partial charge in [-0.25, -0.2) is 9.78 Å². The number of carbonyl (C=O) groups excluding carboxylic acids is 1. The van der Waals surface area contributed by atoms with Gasteiger partial charge in [-0.3, -0.25) is 0 Å². The van der Waals surface area contributed by atoms with Gasteiger partial charge in [-0.1, -0.05) is 6.07 Å². The van der Waals surface area contributed by atoms with E-state index >= 15 is 0 Å². The first-order chi connectivity index (χ1) is 13.5. The minimum atomic E-state index is -0.489. The van der Waals surface area contributed by atoms with E-state index in [0.29, 0.717) is 47.3 Å². The molecule has 2 atom stereocenters. The van der Waals surface area contributed by atoms with E-state index in [2.05, 4.69) is 44.4 Å². The summed E-state index contributed by atoms with van der Waals surface area (Å²) in [6.45, 7) is 4.30. The van der Waals surface area contributed by atoms with Gasteiger partial charge in [0.25, 0.3) is 0 Å². The van der Waals surface area contributed by atoms with Crippen molar-refractivity contribution < 1.29 is 9.53 Å². The fraction of sp³-hybridized carbons (Fsp3) is 0.550. The van der Waals surface area contributed by atoms with Gasteiger partial charge in [-0.2, -0.15) is 15.0 Å². The van der Waals surface area contributed by atoms with E-state index in [1.54, 1.807) is 18.2 Å². The molecule has 2 aromatic rings. The van der Waals surface area contributed by atoms with E-state index in [-0.39, 0.29) is 5.69 Å². The third-order valence-corrected chi connectivity index (χ3v) is 5.38. The summed E-state index contributed by atoms with van der Waals surface area (Å²) in [7, 11) is 1.34. The Morgan fingerprint density at radius 2 is 1.54 bits per heavy atom. The fourth-order valence-corrected chi connectivity index (χ4v) is 3.23. The summed E-state index contributed by atoms with van der Waals surface area (Å²) < 4.78 is 4.77. The quantitative estimate of drug-likeness (QED) is 0.672. The van der Waals surface area contributed by atoms with Gasteiger partial charge in [0.1, 0.15) is 11.4 Å². The number of hydrogen-bond donors (Lipinski definition) is 2. The van der Waals surface area contributed by atoms with Crippen molar-refractivity contribution in [1.82, 2.24) is 19.9 Å². The maximum absolute atomic E-state index is 11.8. The standard InChI is InChI=1S/C20H26N6O2/c1-11(13-7-8-13)21-19-24-17(15-5-4-6-16(23-15)18(27)28-3)25-20(26-19)22-12(2)14-9-10-14/h4-6,11-14H,7-10H2,1-3H3,(H2,21,22,24,25,26)/t11-,12?/m1/s1. The van der Waals surface area contributed by atoms with Gasteiger partial charge in [0.15, 0.2) is 5.82 Å². The molecule has 8 nitrogen and oxygen atoms in total. The number of pyridine rings is 1. The molecule has 0 aromatic carbocycles. The second-order valence-corrected chi connectivity index (χ2v) is 7.75. The summed E-state index contributed by atoms with van der Waals surface area (Å²) in [5.74, 6) is 2.33.